The molecule has 0 heterocycles. The molecule has 5 heteroatoms. The van der Waals surface area contributed by atoms with Crippen LogP contribution in [0, 0.1) is 11.6 Å². The molecule has 72 valence electrons. The molecule has 1 rings (SSSR count). The predicted octanol–water partition coefficient (Wildman–Crippen LogP) is 1.19. The predicted molar refractivity (Wildman–Crippen MR) is 43.8 cm³/mol. The fourth-order valence-electron chi connectivity index (χ4n) is 1.01. The van der Waals surface area contributed by atoms with Crippen molar-refractivity contribution in [3.63, 3.8) is 0 Å². The molecule has 1 unspecified atom stereocenters. The summed E-state index contributed by atoms with van der Waals surface area (Å²) < 4.78 is 25.5. The fourth-order valence-corrected chi connectivity index (χ4v) is 1.01. The maximum absolute atomic E-state index is 12.8. The first-order valence-corrected chi connectivity index (χ1v) is 3.70. The fraction of sp³-hybridized carbons (Fsp3) is 0.250. The van der Waals surface area contributed by atoms with Crippen molar-refractivity contribution in [2.24, 2.45) is 5.84 Å². The van der Waals surface area contributed by atoms with E-state index in [4.69, 9.17) is 5.84 Å². The lowest BCUT2D eigenvalue weighted by atomic mass is 10.1. The van der Waals surface area contributed by atoms with E-state index in [0.29, 0.717) is 6.07 Å². The molecular formula is C8H10F2N2O. The number of benzene rings is 1. The number of aromatic hydroxyl groups is 1. The van der Waals surface area contributed by atoms with Crippen LogP contribution in [0.5, 0.6) is 5.75 Å². The molecule has 0 aliphatic carbocycles. The number of nitrogens with one attached hydrogen (secondary N) is 1. The average Bonchev–Trinajstić information content (AvgIpc) is 2.10. The first-order chi connectivity index (χ1) is 6.06. The molecule has 0 spiro atoms. The van der Waals surface area contributed by atoms with E-state index in [1.807, 2.05) is 0 Å². The zero-order chi connectivity index (χ0) is 10.0. The largest absolute Gasteiger partial charge is 0.505 e. The lowest BCUT2D eigenvalue weighted by Crippen LogP contribution is -2.25. The first-order valence-electron chi connectivity index (χ1n) is 3.70. The van der Waals surface area contributed by atoms with Crippen LogP contribution in [0.3, 0.4) is 0 Å². The van der Waals surface area contributed by atoms with Crippen LogP contribution < -0.4 is 11.3 Å². The molecule has 1 aromatic rings. The molecule has 4 N–H and O–H groups in total. The van der Waals surface area contributed by atoms with E-state index in [1.165, 1.54) is 0 Å². The number of phenols is 1. The van der Waals surface area contributed by atoms with E-state index in [2.05, 4.69) is 5.43 Å². The molecule has 0 aliphatic rings. The maximum Gasteiger partial charge on any atom is 0.168 e. The van der Waals surface area contributed by atoms with E-state index in [0.717, 1.165) is 6.07 Å². The quantitative estimate of drug-likeness (QED) is 0.482. The van der Waals surface area contributed by atoms with E-state index in [9.17, 15) is 13.9 Å². The standard InChI is InChI=1S/C8H10F2N2O/c1-4(12-11)6-2-5(9)3-7(10)8(6)13/h2-4,12-13H,11H2,1H3. The number of phenolic OH excluding ortho intramolecular Hbond substituents is 1. The Morgan fingerprint density at radius 1 is 1.46 bits per heavy atom. The third-order valence-corrected chi connectivity index (χ3v) is 1.77. The highest BCUT2D eigenvalue weighted by molar-refractivity contribution is 5.36. The van der Waals surface area contributed by atoms with Gasteiger partial charge in [0.25, 0.3) is 0 Å². The van der Waals surface area contributed by atoms with Gasteiger partial charge in [-0.1, -0.05) is 0 Å². The van der Waals surface area contributed by atoms with E-state index in [1.54, 1.807) is 6.92 Å². The van der Waals surface area contributed by atoms with Crippen LogP contribution >= 0.6 is 0 Å². The number of nitrogens with two attached hydrogens (primary N) is 1. The second kappa shape index (κ2) is 3.68. The highest BCUT2D eigenvalue weighted by Gasteiger charge is 2.14. The molecule has 0 bridgehead atoms. The van der Waals surface area contributed by atoms with Crippen LogP contribution in [0.2, 0.25) is 0 Å². The molecule has 3 nitrogen and oxygen atoms in total. The smallest absolute Gasteiger partial charge is 0.168 e. The van der Waals surface area contributed by atoms with Gasteiger partial charge in [-0.3, -0.25) is 11.3 Å². The number of hydrazine groups is 1. The van der Waals surface area contributed by atoms with Crippen molar-refractivity contribution in [1.82, 2.24) is 5.43 Å². The minimum Gasteiger partial charge on any atom is -0.505 e. The molecule has 0 amide bonds. The summed E-state index contributed by atoms with van der Waals surface area (Å²) in [5, 5.41) is 9.19. The Balaban J connectivity index is 3.20. The van der Waals surface area contributed by atoms with Gasteiger partial charge in [0.05, 0.1) is 0 Å². The van der Waals surface area contributed by atoms with Gasteiger partial charge >= 0.3 is 0 Å². The summed E-state index contributed by atoms with van der Waals surface area (Å²) in [4.78, 5) is 0. The Kier molecular flexibility index (Phi) is 2.79. The van der Waals surface area contributed by atoms with Crippen LogP contribution in [0.25, 0.3) is 0 Å². The highest BCUT2D eigenvalue weighted by Crippen LogP contribution is 2.27. The Labute approximate surface area is 74.1 Å². The molecule has 0 radical (unpaired) electrons. The normalized spacial score (nSPS) is 12.9. The number of hydrogen-bond acceptors (Lipinski definition) is 3. The molecule has 1 atom stereocenters. The Morgan fingerprint density at radius 3 is 2.62 bits per heavy atom. The number of halogens is 2. The summed E-state index contributed by atoms with van der Waals surface area (Å²) in [6.07, 6.45) is 0. The summed E-state index contributed by atoms with van der Waals surface area (Å²) in [6.45, 7) is 1.58. The van der Waals surface area contributed by atoms with Gasteiger partial charge in [0.2, 0.25) is 0 Å². The maximum atomic E-state index is 12.8. The third-order valence-electron chi connectivity index (χ3n) is 1.77. The molecule has 13 heavy (non-hydrogen) atoms. The topological polar surface area (TPSA) is 58.3 Å². The summed E-state index contributed by atoms with van der Waals surface area (Å²) in [7, 11) is 0. The minimum absolute atomic E-state index is 0.0972. The molecule has 0 aliphatic heterocycles. The highest BCUT2D eigenvalue weighted by atomic mass is 19.1. The summed E-state index contributed by atoms with van der Waals surface area (Å²) in [6, 6.07) is 1.13. The van der Waals surface area contributed by atoms with Crippen molar-refractivity contribution in [3.8, 4) is 5.75 Å². The lowest BCUT2D eigenvalue weighted by molar-refractivity contribution is 0.410. The van der Waals surface area contributed by atoms with E-state index in [-0.39, 0.29) is 5.56 Å². The lowest BCUT2D eigenvalue weighted by Gasteiger charge is -2.12. The summed E-state index contributed by atoms with van der Waals surface area (Å²) in [5.74, 6) is 2.76. The molecular weight excluding hydrogens is 178 g/mol. The zero-order valence-electron chi connectivity index (χ0n) is 7.01. The Bertz CT molecular complexity index is 317. The van der Waals surface area contributed by atoms with Gasteiger partial charge in [0, 0.05) is 17.7 Å². The Hall–Kier alpha value is -1.20. The van der Waals surface area contributed by atoms with E-state index < -0.39 is 23.4 Å². The molecule has 1 aromatic carbocycles. The third kappa shape index (κ3) is 1.93. The Morgan fingerprint density at radius 2 is 2.08 bits per heavy atom. The second-order valence-electron chi connectivity index (χ2n) is 2.71. The summed E-state index contributed by atoms with van der Waals surface area (Å²) in [5.41, 5.74) is 2.38. The second-order valence-corrected chi connectivity index (χ2v) is 2.71. The molecule has 0 fully saturated rings. The van der Waals surface area contributed by atoms with Crippen molar-refractivity contribution in [2.75, 3.05) is 0 Å². The van der Waals surface area contributed by atoms with Crippen LogP contribution in [0.1, 0.15) is 18.5 Å². The van der Waals surface area contributed by atoms with Crippen LogP contribution in [-0.2, 0) is 0 Å². The summed E-state index contributed by atoms with van der Waals surface area (Å²) >= 11 is 0. The van der Waals surface area contributed by atoms with Gasteiger partial charge in [0.1, 0.15) is 5.82 Å². The van der Waals surface area contributed by atoms with Crippen molar-refractivity contribution in [1.29, 1.82) is 0 Å². The van der Waals surface area contributed by atoms with Gasteiger partial charge in [-0.15, -0.1) is 0 Å². The minimum atomic E-state index is -0.989. The number of rotatable bonds is 2. The van der Waals surface area contributed by atoms with Crippen molar-refractivity contribution in [3.05, 3.63) is 29.3 Å². The van der Waals surface area contributed by atoms with Crippen molar-refractivity contribution in [2.45, 2.75) is 13.0 Å². The average molecular weight is 188 g/mol. The van der Waals surface area contributed by atoms with Gasteiger partial charge in [-0.25, -0.2) is 8.78 Å². The first kappa shape index (κ1) is 9.88. The molecule has 0 aromatic heterocycles. The van der Waals surface area contributed by atoms with Gasteiger partial charge < -0.3 is 5.11 Å². The van der Waals surface area contributed by atoms with Crippen LogP contribution in [0.4, 0.5) is 8.78 Å². The van der Waals surface area contributed by atoms with Gasteiger partial charge in [-0.2, -0.15) is 0 Å². The number of hydrogen-bond donors (Lipinski definition) is 3. The van der Waals surface area contributed by atoms with Gasteiger partial charge in [-0.05, 0) is 13.0 Å². The van der Waals surface area contributed by atoms with Crippen LogP contribution in [0.15, 0.2) is 12.1 Å². The zero-order valence-corrected chi connectivity index (χ0v) is 7.01. The van der Waals surface area contributed by atoms with Crippen LogP contribution in [-0.4, -0.2) is 5.11 Å². The molecule has 0 saturated carbocycles. The van der Waals surface area contributed by atoms with Crippen molar-refractivity contribution < 1.29 is 13.9 Å². The molecule has 0 saturated heterocycles. The van der Waals surface area contributed by atoms with Crippen molar-refractivity contribution >= 4 is 0 Å². The SMILES string of the molecule is CC(NN)c1cc(F)cc(F)c1O. The monoisotopic (exact) mass is 188 g/mol. The van der Waals surface area contributed by atoms with E-state index >= 15 is 0 Å². The van der Waals surface area contributed by atoms with Gasteiger partial charge in [0.15, 0.2) is 11.6 Å².